The maximum atomic E-state index is 14.6. The van der Waals surface area contributed by atoms with Crippen molar-refractivity contribution in [2.24, 2.45) is 10.8 Å². The second-order valence-corrected chi connectivity index (χ2v) is 19.1. The van der Waals surface area contributed by atoms with Gasteiger partial charge in [-0.15, -0.1) is 28.8 Å². The van der Waals surface area contributed by atoms with Crippen molar-refractivity contribution in [2.45, 2.75) is 54.6 Å². The van der Waals surface area contributed by atoms with Crippen molar-refractivity contribution in [3.8, 4) is 11.3 Å². The van der Waals surface area contributed by atoms with Gasteiger partial charge in [-0.2, -0.15) is 0 Å². The van der Waals surface area contributed by atoms with Crippen LogP contribution in [0.4, 0.5) is 8.78 Å². The molecule has 0 spiro atoms. The molecule has 1 radical (unpaired) electrons. The second kappa shape index (κ2) is 12.0. The molecule has 0 bridgehead atoms. The van der Waals surface area contributed by atoms with Crippen LogP contribution in [0.5, 0.6) is 0 Å². The molecule has 0 aliphatic carbocycles. The molecule has 1 aliphatic heterocycles. The van der Waals surface area contributed by atoms with Gasteiger partial charge in [-0.25, -0.2) is 8.78 Å². The fraction of sp³-hybridized carbons (Fsp3) is 0.250. The van der Waals surface area contributed by atoms with Crippen molar-refractivity contribution in [3.63, 3.8) is 0 Å². The van der Waals surface area contributed by atoms with Gasteiger partial charge in [-0.3, -0.25) is 9.78 Å². The zero-order valence-electron chi connectivity index (χ0n) is 27.9. The van der Waals surface area contributed by atoms with Crippen molar-refractivity contribution in [1.82, 2.24) is 4.98 Å². The molecule has 0 saturated carbocycles. The minimum Gasteiger partial charge on any atom is -0.512 e. The van der Waals surface area contributed by atoms with Gasteiger partial charge < -0.3 is 5.11 Å². The molecule has 2 heterocycles. The topological polar surface area (TPSA) is 50.2 Å². The van der Waals surface area contributed by atoms with E-state index in [-0.39, 0.29) is 37.1 Å². The number of fused-ring (bicyclic) bond motifs is 7. The van der Waals surface area contributed by atoms with E-state index in [1.54, 1.807) is 6.07 Å². The van der Waals surface area contributed by atoms with Crippen LogP contribution in [-0.2, 0) is 24.9 Å². The van der Waals surface area contributed by atoms with Crippen LogP contribution >= 0.6 is 0 Å². The van der Waals surface area contributed by atoms with Crippen LogP contribution in [0.2, 0.25) is 13.1 Å². The van der Waals surface area contributed by atoms with Gasteiger partial charge in [-0.1, -0.05) is 107 Å². The Morgan fingerprint density at radius 3 is 2.15 bits per heavy atom. The fourth-order valence-corrected chi connectivity index (χ4v) is 9.17. The molecule has 0 unspecified atom stereocenters. The normalized spacial score (nSPS) is 14.0. The van der Waals surface area contributed by atoms with Gasteiger partial charge in [0.2, 0.25) is 0 Å². The van der Waals surface area contributed by atoms with Gasteiger partial charge in [0.25, 0.3) is 0 Å². The summed E-state index contributed by atoms with van der Waals surface area (Å²) in [5.41, 5.74) is 1.27. The Morgan fingerprint density at radius 1 is 0.809 bits per heavy atom. The number of halogens is 2. The molecule has 0 saturated heterocycles. The smallest absolute Gasteiger partial charge is 0.164 e. The number of hydrogen-bond donors (Lipinski definition) is 1. The first-order chi connectivity index (χ1) is 21.5. The third kappa shape index (κ3) is 6.06. The maximum absolute atomic E-state index is 14.6. The Morgan fingerprint density at radius 2 is 1.47 bits per heavy atom. The molecule has 47 heavy (non-hydrogen) atoms. The van der Waals surface area contributed by atoms with E-state index in [2.05, 4.69) is 49.5 Å². The number of hydrogen-bond acceptors (Lipinski definition) is 3. The van der Waals surface area contributed by atoms with Gasteiger partial charge in [0.15, 0.2) is 5.78 Å². The molecule has 1 N–H and O–H groups in total. The Labute approximate surface area is 289 Å². The maximum Gasteiger partial charge on any atom is 0.164 e. The summed E-state index contributed by atoms with van der Waals surface area (Å²) in [6.45, 7) is 15.8. The van der Waals surface area contributed by atoms with E-state index < -0.39 is 25.1 Å². The third-order valence-electron chi connectivity index (χ3n) is 9.04. The van der Waals surface area contributed by atoms with Gasteiger partial charge in [0, 0.05) is 60.4 Å². The van der Waals surface area contributed by atoms with Crippen molar-refractivity contribution in [1.29, 1.82) is 0 Å². The van der Waals surface area contributed by atoms with Gasteiger partial charge in [0.05, 0.1) is 8.07 Å². The van der Waals surface area contributed by atoms with E-state index in [9.17, 15) is 18.7 Å². The van der Waals surface area contributed by atoms with Crippen LogP contribution in [0.15, 0.2) is 84.8 Å². The molecule has 1 aromatic heterocycles. The number of aliphatic hydroxyl groups excluding tert-OH is 1. The minimum absolute atomic E-state index is 0. The molecule has 0 atom stereocenters. The predicted octanol–water partition coefficient (Wildman–Crippen LogP) is 9.66. The van der Waals surface area contributed by atoms with Crippen LogP contribution in [0, 0.1) is 28.5 Å². The largest absolute Gasteiger partial charge is 0.512 e. The van der Waals surface area contributed by atoms with Gasteiger partial charge >= 0.3 is 0 Å². The summed E-state index contributed by atoms with van der Waals surface area (Å²) in [6.07, 6.45) is 3.17. The van der Waals surface area contributed by atoms with E-state index in [4.69, 9.17) is 4.98 Å². The molecule has 243 valence electrons. The standard InChI is InChI=1S/C29H18F2NSi.C11H20O2.Ir/c1-33(2)26-12-17-6-4-3-5-16(17)11-24(26)29-28-21(9-10-32-29)19-7-8-20-22(23(19)15-27(28)33)13-18(30)14-25(20)31;1-10(2,3)8(12)7-9(13)11(4,5)6;/h3-10,12-15H,1-2H3;7,12H,1-6H3;/q-1;;/b;8-7-;. The van der Waals surface area contributed by atoms with E-state index >= 15 is 0 Å². The first kappa shape index (κ1) is 34.6. The third-order valence-corrected chi connectivity index (χ3v) is 12.5. The van der Waals surface area contributed by atoms with Crippen LogP contribution in [0.3, 0.4) is 0 Å². The second-order valence-electron chi connectivity index (χ2n) is 14.8. The van der Waals surface area contributed by atoms with Gasteiger partial charge in [-0.05, 0) is 39.1 Å². The quantitative estimate of drug-likeness (QED) is 0.0591. The van der Waals surface area contributed by atoms with E-state index in [0.717, 1.165) is 44.3 Å². The zero-order chi connectivity index (χ0) is 33.3. The number of benzene rings is 5. The van der Waals surface area contributed by atoms with Crippen molar-refractivity contribution >= 4 is 67.3 Å². The minimum atomic E-state index is -2.17. The Kier molecular flexibility index (Phi) is 8.85. The number of nitrogens with zero attached hydrogens (tertiary/aromatic N) is 1. The average Bonchev–Trinajstić information content (AvgIpc) is 2.98. The summed E-state index contributed by atoms with van der Waals surface area (Å²) in [6, 6.07) is 24.6. The van der Waals surface area contributed by atoms with Crippen molar-refractivity contribution in [3.05, 3.63) is 102 Å². The van der Waals surface area contributed by atoms with Crippen molar-refractivity contribution in [2.75, 3.05) is 0 Å². The van der Waals surface area contributed by atoms with E-state index in [0.29, 0.717) is 10.8 Å². The monoisotopic (exact) mass is 823 g/mol. The SMILES string of the molecule is CC(C)(C)C(=O)/C=C(\O)C(C)(C)C.C[Si]1(C)c2cc3ccccc3[c-]c2-c2nccc3c2c1cc1c2cc(F)cc(F)c2ccc31.[Ir]. The summed E-state index contributed by atoms with van der Waals surface area (Å²) in [7, 11) is -2.17. The first-order valence-corrected chi connectivity index (χ1v) is 18.5. The average molecular weight is 823 g/mol. The van der Waals surface area contributed by atoms with E-state index in [1.807, 2.05) is 65.9 Å². The Bertz CT molecular complexity index is 2260. The molecule has 0 amide bonds. The van der Waals surface area contributed by atoms with E-state index in [1.165, 1.54) is 27.9 Å². The summed E-state index contributed by atoms with van der Waals surface area (Å²) in [4.78, 5) is 16.3. The number of pyridine rings is 1. The molecule has 3 nitrogen and oxygen atoms in total. The fourth-order valence-electron chi connectivity index (χ4n) is 6.18. The number of carbonyl (C=O) groups is 1. The summed E-state index contributed by atoms with van der Waals surface area (Å²) < 4.78 is 28.8. The number of rotatable bonds is 1. The van der Waals surface area contributed by atoms with Crippen LogP contribution < -0.4 is 10.4 Å². The Balaban J connectivity index is 0.000000267. The van der Waals surface area contributed by atoms with Crippen molar-refractivity contribution < 1.29 is 38.8 Å². The molecular weight excluding hydrogens is 785 g/mol. The molecule has 7 heteroatoms. The molecule has 5 aromatic carbocycles. The summed E-state index contributed by atoms with van der Waals surface area (Å²) >= 11 is 0. The van der Waals surface area contributed by atoms with Crippen LogP contribution in [-0.4, -0.2) is 23.9 Å². The molecular formula is C40H38F2IrNO2Si-. The zero-order valence-corrected chi connectivity index (χ0v) is 31.3. The number of ketones is 1. The first-order valence-electron chi connectivity index (χ1n) is 15.5. The molecule has 6 aromatic rings. The number of aliphatic hydroxyl groups is 1. The number of allylic oxidation sites excluding steroid dienone is 2. The van der Waals surface area contributed by atoms with Crippen LogP contribution in [0.1, 0.15) is 41.5 Å². The summed E-state index contributed by atoms with van der Waals surface area (Å²) in [5.74, 6) is -0.981. The van der Waals surface area contributed by atoms with Gasteiger partial charge in [0.1, 0.15) is 17.4 Å². The molecule has 0 fully saturated rings. The number of carbonyl (C=O) groups excluding carboxylic acids is 1. The number of aromatic nitrogens is 1. The summed E-state index contributed by atoms with van der Waals surface area (Å²) in [5, 5.41) is 19.5. The predicted molar refractivity (Wildman–Crippen MR) is 190 cm³/mol. The molecule has 7 rings (SSSR count). The van der Waals surface area contributed by atoms with Crippen LogP contribution in [0.25, 0.3) is 54.3 Å². The molecule has 1 aliphatic rings. The Hall–Kier alpha value is -3.77.